The summed E-state index contributed by atoms with van der Waals surface area (Å²) < 4.78 is 5.42. The summed E-state index contributed by atoms with van der Waals surface area (Å²) in [6, 6.07) is 0. The van der Waals surface area contributed by atoms with Crippen LogP contribution in [0.2, 0.25) is 0 Å². The summed E-state index contributed by atoms with van der Waals surface area (Å²) in [5, 5.41) is 0. The molecule has 23 heavy (non-hydrogen) atoms. The molecular formula is C20H39NO2. The van der Waals surface area contributed by atoms with Crippen LogP contribution < -0.4 is 0 Å². The van der Waals surface area contributed by atoms with E-state index in [0.29, 0.717) is 5.57 Å². The topological polar surface area (TPSA) is 29.5 Å². The molecule has 0 saturated carbocycles. The van der Waals surface area contributed by atoms with Gasteiger partial charge < -0.3 is 9.64 Å². The number of carbonyl (C=O) groups excluding carboxylic acids is 1. The van der Waals surface area contributed by atoms with Crippen LogP contribution in [0.1, 0.15) is 84.5 Å². The zero-order valence-corrected chi connectivity index (χ0v) is 16.0. The molecule has 1 atom stereocenters. The smallest absolute Gasteiger partial charge is 0.333 e. The molecular weight excluding hydrogens is 286 g/mol. The van der Waals surface area contributed by atoms with E-state index in [0.717, 1.165) is 19.3 Å². The highest BCUT2D eigenvalue weighted by molar-refractivity contribution is 5.87. The zero-order valence-electron chi connectivity index (χ0n) is 16.0. The first kappa shape index (κ1) is 22.2. The number of unbranched alkanes of at least 4 members (excludes halogenated alkanes) is 8. The van der Waals surface area contributed by atoms with Gasteiger partial charge >= 0.3 is 5.97 Å². The molecule has 0 aromatic rings. The Morgan fingerprint density at radius 1 is 0.957 bits per heavy atom. The molecule has 0 heterocycles. The van der Waals surface area contributed by atoms with E-state index in [1.54, 1.807) is 6.92 Å². The summed E-state index contributed by atoms with van der Waals surface area (Å²) in [6.07, 6.45) is 13.8. The Morgan fingerprint density at radius 2 is 1.43 bits per heavy atom. The third-order valence-electron chi connectivity index (χ3n) is 4.21. The third kappa shape index (κ3) is 14.5. The van der Waals surface area contributed by atoms with Gasteiger partial charge in [0.05, 0.1) is 0 Å². The third-order valence-corrected chi connectivity index (χ3v) is 4.21. The SMILES string of the molecule is C=C(C)C(=O)OC(CC)CCCCCCCCCCCN(C)C. The van der Waals surface area contributed by atoms with Gasteiger partial charge in [0, 0.05) is 5.57 Å². The largest absolute Gasteiger partial charge is 0.459 e. The van der Waals surface area contributed by atoms with E-state index in [1.807, 2.05) is 0 Å². The Balaban J connectivity index is 3.40. The highest BCUT2D eigenvalue weighted by Gasteiger charge is 2.12. The molecule has 1 unspecified atom stereocenters. The minimum atomic E-state index is -0.244. The summed E-state index contributed by atoms with van der Waals surface area (Å²) in [5.41, 5.74) is 0.494. The van der Waals surface area contributed by atoms with E-state index < -0.39 is 0 Å². The maximum atomic E-state index is 11.5. The number of nitrogens with zero attached hydrogens (tertiary/aromatic N) is 1. The van der Waals surface area contributed by atoms with Crippen LogP contribution in [0, 0.1) is 0 Å². The average molecular weight is 326 g/mol. The lowest BCUT2D eigenvalue weighted by Crippen LogP contribution is -2.17. The minimum Gasteiger partial charge on any atom is -0.459 e. The normalized spacial score (nSPS) is 12.4. The Morgan fingerprint density at radius 3 is 1.87 bits per heavy atom. The molecule has 0 rings (SSSR count). The van der Waals surface area contributed by atoms with Crippen LogP contribution in [-0.4, -0.2) is 37.6 Å². The second-order valence-electron chi connectivity index (χ2n) is 6.99. The van der Waals surface area contributed by atoms with Crippen LogP contribution in [0.25, 0.3) is 0 Å². The average Bonchev–Trinajstić information content (AvgIpc) is 2.50. The number of rotatable bonds is 15. The lowest BCUT2D eigenvalue weighted by atomic mass is 10.0. The molecule has 3 nitrogen and oxygen atoms in total. The van der Waals surface area contributed by atoms with Gasteiger partial charge in [-0.1, -0.05) is 58.4 Å². The van der Waals surface area contributed by atoms with E-state index in [9.17, 15) is 4.79 Å². The zero-order chi connectivity index (χ0) is 17.5. The van der Waals surface area contributed by atoms with E-state index in [1.165, 1.54) is 57.9 Å². The fourth-order valence-electron chi connectivity index (χ4n) is 2.64. The van der Waals surface area contributed by atoms with Crippen LogP contribution in [-0.2, 0) is 9.53 Å². The van der Waals surface area contributed by atoms with Crippen LogP contribution >= 0.6 is 0 Å². The molecule has 0 aromatic carbocycles. The second-order valence-corrected chi connectivity index (χ2v) is 6.99. The molecule has 0 aromatic heterocycles. The fourth-order valence-corrected chi connectivity index (χ4v) is 2.64. The first-order valence-electron chi connectivity index (χ1n) is 9.48. The number of hydrogen-bond donors (Lipinski definition) is 0. The highest BCUT2D eigenvalue weighted by atomic mass is 16.5. The Bertz CT molecular complexity index is 313. The van der Waals surface area contributed by atoms with Crippen molar-refractivity contribution in [2.24, 2.45) is 0 Å². The number of ether oxygens (including phenoxy) is 1. The number of esters is 1. The van der Waals surface area contributed by atoms with Crippen LogP contribution in [0.5, 0.6) is 0 Å². The van der Waals surface area contributed by atoms with Gasteiger partial charge in [0.2, 0.25) is 0 Å². The predicted molar refractivity (Wildman–Crippen MR) is 99.7 cm³/mol. The number of hydrogen-bond acceptors (Lipinski definition) is 3. The molecule has 0 N–H and O–H groups in total. The van der Waals surface area contributed by atoms with Gasteiger partial charge in [-0.05, 0) is 53.2 Å². The molecule has 3 heteroatoms. The summed E-state index contributed by atoms with van der Waals surface area (Å²) >= 11 is 0. The number of carbonyl (C=O) groups is 1. The lowest BCUT2D eigenvalue weighted by molar-refractivity contribution is -0.144. The summed E-state index contributed by atoms with van der Waals surface area (Å²) in [7, 11) is 4.28. The summed E-state index contributed by atoms with van der Waals surface area (Å²) in [4.78, 5) is 13.8. The van der Waals surface area contributed by atoms with Gasteiger partial charge in [0.25, 0.3) is 0 Å². The van der Waals surface area contributed by atoms with Gasteiger partial charge in [-0.3, -0.25) is 0 Å². The van der Waals surface area contributed by atoms with Crippen molar-refractivity contribution in [3.8, 4) is 0 Å². The minimum absolute atomic E-state index is 0.0656. The monoisotopic (exact) mass is 325 g/mol. The Kier molecular flexibility index (Phi) is 14.2. The molecule has 0 aliphatic rings. The van der Waals surface area contributed by atoms with Crippen molar-refractivity contribution in [1.82, 2.24) is 4.90 Å². The Labute approximate surface area is 144 Å². The van der Waals surface area contributed by atoms with Crippen molar-refractivity contribution in [1.29, 1.82) is 0 Å². The van der Waals surface area contributed by atoms with Crippen molar-refractivity contribution >= 4 is 5.97 Å². The van der Waals surface area contributed by atoms with Gasteiger partial charge in [-0.15, -0.1) is 0 Å². The highest BCUT2D eigenvalue weighted by Crippen LogP contribution is 2.14. The molecule has 0 aliphatic carbocycles. The van der Waals surface area contributed by atoms with Gasteiger partial charge in [0.15, 0.2) is 0 Å². The molecule has 0 spiro atoms. The second kappa shape index (κ2) is 14.7. The van der Waals surface area contributed by atoms with Gasteiger partial charge in [-0.25, -0.2) is 4.79 Å². The van der Waals surface area contributed by atoms with E-state index >= 15 is 0 Å². The molecule has 0 bridgehead atoms. The Hall–Kier alpha value is -0.830. The molecule has 0 aliphatic heterocycles. The van der Waals surface area contributed by atoms with E-state index in [-0.39, 0.29) is 12.1 Å². The molecule has 0 amide bonds. The van der Waals surface area contributed by atoms with Crippen LogP contribution in [0.4, 0.5) is 0 Å². The van der Waals surface area contributed by atoms with Crippen LogP contribution in [0.3, 0.4) is 0 Å². The lowest BCUT2D eigenvalue weighted by Gasteiger charge is -2.16. The van der Waals surface area contributed by atoms with Gasteiger partial charge in [-0.2, -0.15) is 0 Å². The van der Waals surface area contributed by atoms with Crippen molar-refractivity contribution in [2.45, 2.75) is 90.6 Å². The maximum absolute atomic E-state index is 11.5. The van der Waals surface area contributed by atoms with E-state index in [2.05, 4.69) is 32.5 Å². The fraction of sp³-hybridized carbons (Fsp3) is 0.850. The quantitative estimate of drug-likeness (QED) is 0.231. The van der Waals surface area contributed by atoms with Gasteiger partial charge in [0.1, 0.15) is 6.10 Å². The van der Waals surface area contributed by atoms with Crippen molar-refractivity contribution in [3.63, 3.8) is 0 Å². The first-order chi connectivity index (χ1) is 11.0. The van der Waals surface area contributed by atoms with Crippen molar-refractivity contribution in [2.75, 3.05) is 20.6 Å². The van der Waals surface area contributed by atoms with Crippen LogP contribution in [0.15, 0.2) is 12.2 Å². The van der Waals surface area contributed by atoms with E-state index in [4.69, 9.17) is 4.74 Å². The van der Waals surface area contributed by atoms with Crippen molar-refractivity contribution in [3.05, 3.63) is 12.2 Å². The molecule has 136 valence electrons. The molecule has 0 fully saturated rings. The first-order valence-corrected chi connectivity index (χ1v) is 9.48. The predicted octanol–water partition coefficient (Wildman–Crippen LogP) is 5.35. The van der Waals surface area contributed by atoms with Crippen molar-refractivity contribution < 1.29 is 9.53 Å². The maximum Gasteiger partial charge on any atom is 0.333 e. The molecule has 0 radical (unpaired) electrons. The summed E-state index contributed by atoms with van der Waals surface area (Å²) in [5.74, 6) is -0.244. The molecule has 0 saturated heterocycles. The standard InChI is InChI=1S/C20H39NO2/c1-6-19(23-20(22)18(2)3)16-14-12-10-8-7-9-11-13-15-17-21(4)5/h19H,2,6-17H2,1,3-5H3. The summed E-state index contributed by atoms with van der Waals surface area (Å²) in [6.45, 7) is 8.63.